The number of aromatic nitrogens is 1. The van der Waals surface area contributed by atoms with Crippen molar-refractivity contribution in [2.24, 2.45) is 28.6 Å². The number of esters is 1. The highest BCUT2D eigenvalue weighted by atomic mass is 16.5. The molecule has 0 aliphatic heterocycles. The summed E-state index contributed by atoms with van der Waals surface area (Å²) in [4.78, 5) is 67.7. The van der Waals surface area contributed by atoms with Crippen molar-refractivity contribution in [3.05, 3.63) is 41.7 Å². The van der Waals surface area contributed by atoms with Crippen molar-refractivity contribution in [1.29, 1.82) is 0 Å². The van der Waals surface area contributed by atoms with E-state index in [2.05, 4.69) is 17.2 Å². The molecule has 4 aliphatic carbocycles. The smallest absolute Gasteiger partial charge is 0.306 e. The molecule has 3 fully saturated rings. The summed E-state index contributed by atoms with van der Waals surface area (Å²) in [6.45, 7) is 3.59. The Hall–Kier alpha value is -3.20. The maximum atomic E-state index is 13.7. The number of ketones is 3. The molecule has 0 unspecified atom stereocenters. The maximum absolute atomic E-state index is 13.7. The Balaban J connectivity index is 1.18. The Bertz CT molecular complexity index is 1260. The van der Waals surface area contributed by atoms with Crippen molar-refractivity contribution in [3.63, 3.8) is 0 Å². The second kappa shape index (κ2) is 10.7. The van der Waals surface area contributed by atoms with Crippen LogP contribution >= 0.6 is 0 Å². The first-order chi connectivity index (χ1) is 19.0. The number of aliphatic hydroxyl groups is 1. The van der Waals surface area contributed by atoms with E-state index in [1.807, 2.05) is 13.0 Å². The van der Waals surface area contributed by atoms with E-state index in [0.29, 0.717) is 25.0 Å². The summed E-state index contributed by atoms with van der Waals surface area (Å²) in [7, 11) is 0. The SMILES string of the molecule is C[C@]12CCC(=O)C=C1CC[C@H]1[C@H]2C(=O)C[C@@]2(C)[C@H]1CC[C@]2(O)C(=O)COC(=O)CCC(=O)NCc1ccccn1. The molecule has 9 nitrogen and oxygen atoms in total. The molecule has 1 aromatic rings. The van der Waals surface area contributed by atoms with E-state index in [0.717, 1.165) is 18.4 Å². The van der Waals surface area contributed by atoms with Crippen LogP contribution in [0, 0.1) is 28.6 Å². The van der Waals surface area contributed by atoms with E-state index in [4.69, 9.17) is 4.74 Å². The zero-order chi connectivity index (χ0) is 28.7. The van der Waals surface area contributed by atoms with Gasteiger partial charge in [-0.15, -0.1) is 0 Å². The van der Waals surface area contributed by atoms with Crippen LogP contribution in [0.2, 0.25) is 0 Å². The minimum Gasteiger partial charge on any atom is -0.458 e. The van der Waals surface area contributed by atoms with Crippen molar-refractivity contribution >= 4 is 29.2 Å². The third kappa shape index (κ3) is 4.82. The van der Waals surface area contributed by atoms with Gasteiger partial charge < -0.3 is 15.2 Å². The number of fused-ring (bicyclic) bond motifs is 5. The lowest BCUT2D eigenvalue weighted by Gasteiger charge is -2.57. The first-order valence-corrected chi connectivity index (χ1v) is 14.3. The van der Waals surface area contributed by atoms with Crippen LogP contribution < -0.4 is 5.32 Å². The fraction of sp³-hybridized carbons (Fsp3) is 0.613. The molecule has 1 aromatic heterocycles. The van der Waals surface area contributed by atoms with Gasteiger partial charge in [-0.1, -0.05) is 25.5 Å². The van der Waals surface area contributed by atoms with E-state index >= 15 is 0 Å². The lowest BCUT2D eigenvalue weighted by Crippen LogP contribution is -2.61. The number of hydrogen-bond donors (Lipinski definition) is 2. The Morgan fingerprint density at radius 2 is 1.90 bits per heavy atom. The van der Waals surface area contributed by atoms with Gasteiger partial charge in [0, 0.05) is 36.8 Å². The molecule has 1 amide bonds. The van der Waals surface area contributed by atoms with Gasteiger partial charge in [0.05, 0.1) is 18.7 Å². The van der Waals surface area contributed by atoms with Crippen LogP contribution in [0.3, 0.4) is 0 Å². The van der Waals surface area contributed by atoms with E-state index in [9.17, 15) is 29.1 Å². The van der Waals surface area contributed by atoms with Crippen LogP contribution in [-0.2, 0) is 35.3 Å². The zero-order valence-corrected chi connectivity index (χ0v) is 23.2. The molecule has 6 atom stereocenters. The molecule has 3 saturated carbocycles. The molecule has 0 spiro atoms. The topological polar surface area (TPSA) is 140 Å². The predicted octanol–water partition coefficient (Wildman–Crippen LogP) is 3.03. The molecule has 40 heavy (non-hydrogen) atoms. The van der Waals surface area contributed by atoms with Crippen LogP contribution in [0.5, 0.6) is 0 Å². The fourth-order valence-electron chi connectivity index (χ4n) is 8.18. The van der Waals surface area contributed by atoms with Crippen LogP contribution in [0.1, 0.15) is 77.3 Å². The molecular weight excluding hydrogens is 512 g/mol. The molecular formula is C31H38N2O7. The number of ether oxygens (including phenoxy) is 1. The van der Waals surface area contributed by atoms with Gasteiger partial charge in [-0.05, 0) is 67.6 Å². The van der Waals surface area contributed by atoms with Gasteiger partial charge in [-0.2, -0.15) is 0 Å². The van der Waals surface area contributed by atoms with Gasteiger partial charge in [-0.25, -0.2) is 0 Å². The number of amides is 1. The zero-order valence-electron chi connectivity index (χ0n) is 23.2. The standard InChI is InChI=1S/C31H38N2O7/c1-29-12-10-21(34)15-19(29)6-7-22-23-11-13-31(39,30(23,2)16-24(35)28(22)29)25(36)18-40-27(38)9-8-26(37)33-17-20-5-3-4-14-32-20/h3-5,14-15,22-23,28,39H,6-13,16-18H2,1-2H3,(H,33,37)/t22-,23+,28+,29+,30+,31+/m1/s1. The van der Waals surface area contributed by atoms with Gasteiger partial charge >= 0.3 is 5.97 Å². The number of carbonyl (C=O) groups is 5. The molecule has 4 aliphatic rings. The van der Waals surface area contributed by atoms with E-state index < -0.39 is 29.4 Å². The monoisotopic (exact) mass is 550 g/mol. The highest BCUT2D eigenvalue weighted by Gasteiger charge is 2.68. The summed E-state index contributed by atoms with van der Waals surface area (Å²) in [5, 5.41) is 14.4. The lowest BCUT2D eigenvalue weighted by molar-refractivity contribution is -0.173. The summed E-state index contributed by atoms with van der Waals surface area (Å²) >= 11 is 0. The second-order valence-corrected chi connectivity index (χ2v) is 12.5. The van der Waals surface area contributed by atoms with Crippen molar-refractivity contribution in [2.75, 3.05) is 6.61 Å². The molecule has 5 rings (SSSR count). The summed E-state index contributed by atoms with van der Waals surface area (Å²) < 4.78 is 5.18. The number of rotatable bonds is 8. The molecule has 0 aromatic carbocycles. The minimum absolute atomic E-state index is 0.0151. The minimum atomic E-state index is -1.77. The number of pyridine rings is 1. The fourth-order valence-corrected chi connectivity index (χ4v) is 8.18. The Morgan fingerprint density at radius 1 is 1.10 bits per heavy atom. The van der Waals surface area contributed by atoms with Crippen LogP contribution in [0.4, 0.5) is 0 Å². The average Bonchev–Trinajstić information content (AvgIpc) is 3.20. The lowest BCUT2D eigenvalue weighted by atomic mass is 9.46. The second-order valence-electron chi connectivity index (χ2n) is 12.5. The number of allylic oxidation sites excluding steroid dienone is 1. The predicted molar refractivity (Wildman–Crippen MR) is 143 cm³/mol. The van der Waals surface area contributed by atoms with Crippen LogP contribution in [0.15, 0.2) is 36.0 Å². The first-order valence-electron chi connectivity index (χ1n) is 14.3. The Morgan fingerprint density at radius 3 is 2.65 bits per heavy atom. The highest BCUT2D eigenvalue weighted by molar-refractivity contribution is 5.95. The third-order valence-corrected chi connectivity index (χ3v) is 10.4. The van der Waals surface area contributed by atoms with Crippen molar-refractivity contribution in [3.8, 4) is 0 Å². The van der Waals surface area contributed by atoms with Crippen molar-refractivity contribution < 1.29 is 33.8 Å². The molecule has 9 heteroatoms. The summed E-state index contributed by atoms with van der Waals surface area (Å²) in [5.41, 5.74) is -1.29. The van der Waals surface area contributed by atoms with E-state index in [1.54, 1.807) is 24.4 Å². The highest BCUT2D eigenvalue weighted by Crippen LogP contribution is 2.66. The summed E-state index contributed by atoms with van der Waals surface area (Å²) in [6, 6.07) is 5.37. The normalized spacial score (nSPS) is 34.7. The average molecular weight is 551 g/mol. The van der Waals surface area contributed by atoms with Gasteiger partial charge in [0.1, 0.15) is 11.4 Å². The van der Waals surface area contributed by atoms with Crippen molar-refractivity contribution in [1.82, 2.24) is 10.3 Å². The van der Waals surface area contributed by atoms with E-state index in [-0.39, 0.29) is 72.9 Å². The van der Waals surface area contributed by atoms with Gasteiger partial charge in [-0.3, -0.25) is 29.0 Å². The Kier molecular flexibility index (Phi) is 7.54. The number of Topliss-reactive ketones (excluding diaryl/α,β-unsaturated/α-hetero) is 2. The van der Waals surface area contributed by atoms with Crippen molar-refractivity contribution in [2.45, 2.75) is 83.8 Å². The molecule has 0 saturated heterocycles. The number of hydrogen-bond acceptors (Lipinski definition) is 8. The maximum Gasteiger partial charge on any atom is 0.306 e. The van der Waals surface area contributed by atoms with Crippen LogP contribution in [0.25, 0.3) is 0 Å². The molecule has 214 valence electrons. The summed E-state index contributed by atoms with van der Waals surface area (Å²) in [5.74, 6) is -1.64. The third-order valence-electron chi connectivity index (χ3n) is 10.4. The quantitative estimate of drug-likeness (QED) is 0.471. The van der Waals surface area contributed by atoms with Crippen LogP contribution in [-0.4, -0.2) is 51.5 Å². The number of nitrogens with one attached hydrogen (secondary N) is 1. The molecule has 1 heterocycles. The van der Waals surface area contributed by atoms with E-state index in [1.165, 1.54) is 0 Å². The van der Waals surface area contributed by atoms with Gasteiger partial charge in [0.25, 0.3) is 0 Å². The van der Waals surface area contributed by atoms with Gasteiger partial charge in [0.15, 0.2) is 12.4 Å². The first kappa shape index (κ1) is 28.3. The largest absolute Gasteiger partial charge is 0.458 e. The molecule has 2 N–H and O–H groups in total. The van der Waals surface area contributed by atoms with Gasteiger partial charge in [0.2, 0.25) is 11.7 Å². The molecule has 0 bridgehead atoms. The number of carbonyl (C=O) groups excluding carboxylic acids is 5. The number of nitrogens with zero attached hydrogens (tertiary/aromatic N) is 1. The Labute approximate surface area is 234 Å². The molecule has 0 radical (unpaired) electrons. The summed E-state index contributed by atoms with van der Waals surface area (Å²) in [6.07, 6.45) is 6.61.